The highest BCUT2D eigenvalue weighted by Crippen LogP contribution is 2.19. The maximum Gasteiger partial charge on any atom is 0.251 e. The molecule has 3 N–H and O–H groups in total. The maximum absolute atomic E-state index is 13.0. The zero-order chi connectivity index (χ0) is 19.2. The Labute approximate surface area is 156 Å². The van der Waals surface area contributed by atoms with Crippen LogP contribution in [-0.2, 0) is 11.2 Å². The Bertz CT molecular complexity index is 923. The summed E-state index contributed by atoms with van der Waals surface area (Å²) in [5.74, 6) is -1.40. The lowest BCUT2D eigenvalue weighted by molar-refractivity contribution is -0.119. The standard InChI is InChI=1S/C22H19FN2O2/c23-19-12-6-15(7-13-19)14-20(21(24)26)25-22(27)18-10-8-17(9-11-18)16-4-2-1-3-5-16/h1-13,20H,14H2,(H2,24,26)(H,25,27)/t20-/m0/s1. The molecule has 0 spiro atoms. The molecular formula is C22H19FN2O2. The Morgan fingerprint density at radius 2 is 1.44 bits per heavy atom. The summed E-state index contributed by atoms with van der Waals surface area (Å²) < 4.78 is 13.0. The number of amides is 2. The van der Waals surface area contributed by atoms with Gasteiger partial charge in [-0.2, -0.15) is 0 Å². The zero-order valence-electron chi connectivity index (χ0n) is 14.6. The van der Waals surface area contributed by atoms with Gasteiger partial charge in [0, 0.05) is 12.0 Å². The molecule has 0 saturated heterocycles. The van der Waals surface area contributed by atoms with Crippen LogP contribution in [0.5, 0.6) is 0 Å². The summed E-state index contributed by atoms with van der Waals surface area (Å²) in [7, 11) is 0. The number of hydrogen-bond donors (Lipinski definition) is 2. The molecule has 27 heavy (non-hydrogen) atoms. The number of halogens is 1. The van der Waals surface area contributed by atoms with Crippen LogP contribution in [0.1, 0.15) is 15.9 Å². The number of carbonyl (C=O) groups is 2. The van der Waals surface area contributed by atoms with Crippen LogP contribution in [0.3, 0.4) is 0 Å². The van der Waals surface area contributed by atoms with E-state index in [1.54, 1.807) is 24.3 Å². The van der Waals surface area contributed by atoms with E-state index in [1.165, 1.54) is 12.1 Å². The predicted octanol–water partition coefficient (Wildman–Crippen LogP) is 3.32. The monoisotopic (exact) mass is 362 g/mol. The highest BCUT2D eigenvalue weighted by Gasteiger charge is 2.19. The largest absolute Gasteiger partial charge is 0.368 e. The van der Waals surface area contributed by atoms with Crippen LogP contribution in [0.25, 0.3) is 11.1 Å². The van der Waals surface area contributed by atoms with Gasteiger partial charge in [-0.1, -0.05) is 54.6 Å². The van der Waals surface area contributed by atoms with Gasteiger partial charge in [-0.25, -0.2) is 4.39 Å². The smallest absolute Gasteiger partial charge is 0.251 e. The van der Waals surface area contributed by atoms with E-state index in [0.717, 1.165) is 11.1 Å². The molecule has 4 nitrogen and oxygen atoms in total. The van der Waals surface area contributed by atoms with Crippen molar-refractivity contribution in [1.29, 1.82) is 0 Å². The van der Waals surface area contributed by atoms with Crippen molar-refractivity contribution in [1.82, 2.24) is 5.32 Å². The van der Waals surface area contributed by atoms with Crippen LogP contribution in [0.15, 0.2) is 78.9 Å². The van der Waals surface area contributed by atoms with Gasteiger partial charge >= 0.3 is 0 Å². The summed E-state index contributed by atoms with van der Waals surface area (Å²) in [5.41, 5.74) is 8.59. The first-order valence-electron chi connectivity index (χ1n) is 8.53. The van der Waals surface area contributed by atoms with Gasteiger partial charge in [0.25, 0.3) is 5.91 Å². The molecule has 0 aliphatic heterocycles. The predicted molar refractivity (Wildman–Crippen MR) is 102 cm³/mol. The van der Waals surface area contributed by atoms with Crippen LogP contribution in [0.4, 0.5) is 4.39 Å². The summed E-state index contributed by atoms with van der Waals surface area (Å²) in [6, 6.07) is 21.8. The summed E-state index contributed by atoms with van der Waals surface area (Å²) in [5, 5.41) is 2.65. The first-order chi connectivity index (χ1) is 13.0. The fourth-order valence-corrected chi connectivity index (χ4v) is 2.77. The third kappa shape index (κ3) is 4.79. The van der Waals surface area contributed by atoms with E-state index < -0.39 is 11.9 Å². The molecular weight excluding hydrogens is 343 g/mol. The van der Waals surface area contributed by atoms with Crippen molar-refractivity contribution in [3.63, 3.8) is 0 Å². The Morgan fingerprint density at radius 1 is 0.852 bits per heavy atom. The Kier molecular flexibility index (Phi) is 5.61. The molecule has 0 aliphatic rings. The highest BCUT2D eigenvalue weighted by molar-refractivity contribution is 5.97. The van der Waals surface area contributed by atoms with E-state index in [2.05, 4.69) is 5.32 Å². The van der Waals surface area contributed by atoms with E-state index in [1.807, 2.05) is 42.5 Å². The third-order valence-corrected chi connectivity index (χ3v) is 4.26. The Hall–Kier alpha value is -3.47. The Morgan fingerprint density at radius 3 is 2.04 bits per heavy atom. The lowest BCUT2D eigenvalue weighted by atomic mass is 10.0. The van der Waals surface area contributed by atoms with Crippen LogP contribution in [-0.4, -0.2) is 17.9 Å². The van der Waals surface area contributed by atoms with E-state index >= 15 is 0 Å². The van der Waals surface area contributed by atoms with Crippen molar-refractivity contribution in [2.75, 3.05) is 0 Å². The second-order valence-electron chi connectivity index (χ2n) is 6.20. The first-order valence-corrected chi connectivity index (χ1v) is 8.53. The van der Waals surface area contributed by atoms with E-state index in [4.69, 9.17) is 5.73 Å². The molecule has 0 unspecified atom stereocenters. The van der Waals surface area contributed by atoms with E-state index in [9.17, 15) is 14.0 Å². The summed E-state index contributed by atoms with van der Waals surface area (Å²) in [6.07, 6.45) is 0.198. The lowest BCUT2D eigenvalue weighted by Crippen LogP contribution is -2.45. The summed E-state index contributed by atoms with van der Waals surface area (Å²) >= 11 is 0. The average Bonchev–Trinajstić information content (AvgIpc) is 2.69. The minimum Gasteiger partial charge on any atom is -0.368 e. The van der Waals surface area contributed by atoms with Gasteiger partial charge < -0.3 is 11.1 Å². The first kappa shape index (κ1) is 18.3. The number of nitrogens with one attached hydrogen (secondary N) is 1. The molecule has 1 atom stereocenters. The molecule has 0 saturated carbocycles. The minimum atomic E-state index is -0.878. The van der Waals surface area contributed by atoms with Crippen LogP contribution in [0.2, 0.25) is 0 Å². The third-order valence-electron chi connectivity index (χ3n) is 4.26. The molecule has 0 heterocycles. The molecule has 0 fully saturated rings. The van der Waals surface area contributed by atoms with Crippen molar-refractivity contribution in [3.8, 4) is 11.1 Å². The molecule has 3 aromatic rings. The number of benzene rings is 3. The van der Waals surface area contributed by atoms with Gasteiger partial charge in [0.1, 0.15) is 11.9 Å². The Balaban J connectivity index is 1.70. The van der Waals surface area contributed by atoms with Crippen molar-refractivity contribution >= 4 is 11.8 Å². The normalized spacial score (nSPS) is 11.6. The molecule has 2 amide bonds. The van der Waals surface area contributed by atoms with E-state index in [0.29, 0.717) is 11.1 Å². The molecule has 0 bridgehead atoms. The van der Waals surface area contributed by atoms with Crippen molar-refractivity contribution in [2.24, 2.45) is 5.73 Å². The van der Waals surface area contributed by atoms with Crippen molar-refractivity contribution < 1.29 is 14.0 Å². The molecule has 0 aliphatic carbocycles. The number of primary amides is 1. The zero-order valence-corrected chi connectivity index (χ0v) is 14.6. The van der Waals surface area contributed by atoms with Gasteiger partial charge in [-0.3, -0.25) is 9.59 Å². The van der Waals surface area contributed by atoms with Crippen molar-refractivity contribution in [2.45, 2.75) is 12.5 Å². The summed E-state index contributed by atoms with van der Waals surface area (Å²) in [6.45, 7) is 0. The lowest BCUT2D eigenvalue weighted by Gasteiger charge is -2.16. The maximum atomic E-state index is 13.0. The molecule has 136 valence electrons. The number of hydrogen-bond acceptors (Lipinski definition) is 2. The fourth-order valence-electron chi connectivity index (χ4n) is 2.77. The van der Waals surface area contributed by atoms with Crippen LogP contribution < -0.4 is 11.1 Å². The van der Waals surface area contributed by atoms with Gasteiger partial charge in [-0.05, 0) is 41.0 Å². The molecule has 3 rings (SSSR count). The second kappa shape index (κ2) is 8.27. The molecule has 3 aromatic carbocycles. The molecule has 0 radical (unpaired) electrons. The highest BCUT2D eigenvalue weighted by atomic mass is 19.1. The number of rotatable bonds is 6. The molecule has 0 aromatic heterocycles. The van der Waals surface area contributed by atoms with Gasteiger partial charge in [-0.15, -0.1) is 0 Å². The fraction of sp³-hybridized carbons (Fsp3) is 0.0909. The minimum absolute atomic E-state index is 0.198. The number of nitrogens with two attached hydrogens (primary N) is 1. The second-order valence-corrected chi connectivity index (χ2v) is 6.20. The average molecular weight is 362 g/mol. The van der Waals surface area contributed by atoms with Crippen LogP contribution >= 0.6 is 0 Å². The molecule has 5 heteroatoms. The summed E-state index contributed by atoms with van der Waals surface area (Å²) in [4.78, 5) is 24.2. The van der Waals surface area contributed by atoms with Crippen molar-refractivity contribution in [3.05, 3.63) is 95.8 Å². The van der Waals surface area contributed by atoms with Gasteiger partial charge in [0.05, 0.1) is 0 Å². The van der Waals surface area contributed by atoms with Gasteiger partial charge in [0.15, 0.2) is 0 Å². The number of carbonyl (C=O) groups excluding carboxylic acids is 2. The van der Waals surface area contributed by atoms with Crippen LogP contribution in [0, 0.1) is 5.82 Å². The SMILES string of the molecule is NC(=O)[C@H](Cc1ccc(F)cc1)NC(=O)c1ccc(-c2ccccc2)cc1. The van der Waals surface area contributed by atoms with Gasteiger partial charge in [0.2, 0.25) is 5.91 Å². The topological polar surface area (TPSA) is 72.2 Å². The quantitative estimate of drug-likeness (QED) is 0.706. The van der Waals surface area contributed by atoms with E-state index in [-0.39, 0.29) is 18.1 Å².